The molecule has 2 aromatic carbocycles. The molecule has 0 radical (unpaired) electrons. The molecule has 18 heavy (non-hydrogen) atoms. The van der Waals surface area contributed by atoms with Crippen LogP contribution in [-0.2, 0) is 0 Å². The van der Waals surface area contributed by atoms with E-state index in [2.05, 4.69) is 41.7 Å². The summed E-state index contributed by atoms with van der Waals surface area (Å²) in [5, 5.41) is 4.20. The van der Waals surface area contributed by atoms with Gasteiger partial charge in [-0.25, -0.2) is 0 Å². The van der Waals surface area contributed by atoms with Crippen molar-refractivity contribution in [3.63, 3.8) is 0 Å². The zero-order chi connectivity index (χ0) is 12.5. The molecule has 0 aliphatic heterocycles. The lowest BCUT2D eigenvalue weighted by molar-refractivity contribution is 0.784. The first-order valence-corrected chi connectivity index (χ1v) is 6.69. The predicted molar refractivity (Wildman–Crippen MR) is 77.1 cm³/mol. The van der Waals surface area contributed by atoms with Crippen LogP contribution >= 0.6 is 11.6 Å². The van der Waals surface area contributed by atoms with Crippen LogP contribution in [0.5, 0.6) is 0 Å². The van der Waals surface area contributed by atoms with Gasteiger partial charge in [0.25, 0.3) is 0 Å². The lowest BCUT2D eigenvalue weighted by atomic mass is 10.0. The maximum atomic E-state index is 6.31. The first kappa shape index (κ1) is 11.8. The standard InChI is InChI=1S/C16H16ClN/c1-18-16-10-14(16)13-9-12(7-8-15(13)17)11-5-3-2-4-6-11/h2-9,14,16,18H,10H2,1H3. The molecule has 1 saturated carbocycles. The normalized spacial score (nSPS) is 21.9. The van der Waals surface area contributed by atoms with Crippen LogP contribution in [0.1, 0.15) is 17.9 Å². The van der Waals surface area contributed by atoms with Gasteiger partial charge < -0.3 is 5.32 Å². The van der Waals surface area contributed by atoms with E-state index in [-0.39, 0.29) is 0 Å². The van der Waals surface area contributed by atoms with Gasteiger partial charge in [-0.3, -0.25) is 0 Å². The van der Waals surface area contributed by atoms with Gasteiger partial charge in [-0.05, 0) is 42.3 Å². The van der Waals surface area contributed by atoms with Crippen LogP contribution < -0.4 is 5.32 Å². The van der Waals surface area contributed by atoms with E-state index in [1.54, 1.807) is 0 Å². The van der Waals surface area contributed by atoms with E-state index in [4.69, 9.17) is 11.6 Å². The molecule has 0 spiro atoms. The Balaban J connectivity index is 1.97. The Hall–Kier alpha value is -1.31. The van der Waals surface area contributed by atoms with E-state index in [1.807, 2.05) is 19.2 Å². The molecule has 1 nitrogen and oxygen atoms in total. The number of likely N-dealkylation sites (N-methyl/N-ethyl adjacent to an activating group) is 1. The Morgan fingerprint density at radius 1 is 1.06 bits per heavy atom. The number of rotatable bonds is 3. The number of hydrogen-bond donors (Lipinski definition) is 1. The second-order valence-electron chi connectivity index (χ2n) is 4.84. The van der Waals surface area contributed by atoms with Crippen molar-refractivity contribution in [3.8, 4) is 11.1 Å². The van der Waals surface area contributed by atoms with Crippen molar-refractivity contribution < 1.29 is 0 Å². The zero-order valence-corrected chi connectivity index (χ0v) is 11.1. The third kappa shape index (κ3) is 2.16. The van der Waals surface area contributed by atoms with Gasteiger partial charge in [0.15, 0.2) is 0 Å². The molecule has 0 heterocycles. The fourth-order valence-electron chi connectivity index (χ4n) is 2.50. The maximum Gasteiger partial charge on any atom is 0.0441 e. The molecule has 3 rings (SSSR count). The summed E-state index contributed by atoms with van der Waals surface area (Å²) >= 11 is 6.31. The maximum absolute atomic E-state index is 6.31. The summed E-state index contributed by atoms with van der Waals surface area (Å²) in [7, 11) is 2.01. The average Bonchev–Trinajstić information content (AvgIpc) is 3.20. The molecule has 2 atom stereocenters. The van der Waals surface area contributed by atoms with Gasteiger partial charge in [-0.2, -0.15) is 0 Å². The minimum Gasteiger partial charge on any atom is -0.316 e. The minimum atomic E-state index is 0.575. The van der Waals surface area contributed by atoms with Crippen LogP contribution in [0.25, 0.3) is 11.1 Å². The Labute approximate surface area is 113 Å². The predicted octanol–water partition coefficient (Wildman–Crippen LogP) is 4.08. The summed E-state index contributed by atoms with van der Waals surface area (Å²) in [5.74, 6) is 0.575. The molecule has 2 unspecified atom stereocenters. The molecule has 92 valence electrons. The molecule has 2 aromatic rings. The Morgan fingerprint density at radius 3 is 2.50 bits per heavy atom. The molecule has 1 aliphatic carbocycles. The molecule has 1 N–H and O–H groups in total. The molecule has 0 amide bonds. The molecular weight excluding hydrogens is 242 g/mol. The Kier molecular flexibility index (Phi) is 3.11. The number of nitrogens with one attached hydrogen (secondary N) is 1. The van der Waals surface area contributed by atoms with Gasteiger partial charge in [-0.1, -0.05) is 48.0 Å². The van der Waals surface area contributed by atoms with Crippen molar-refractivity contribution in [2.75, 3.05) is 7.05 Å². The molecule has 0 saturated heterocycles. The topological polar surface area (TPSA) is 12.0 Å². The van der Waals surface area contributed by atoms with Gasteiger partial charge in [0.1, 0.15) is 0 Å². The van der Waals surface area contributed by atoms with Crippen molar-refractivity contribution in [1.29, 1.82) is 0 Å². The SMILES string of the molecule is CNC1CC1c1cc(-c2ccccc2)ccc1Cl. The highest BCUT2D eigenvalue weighted by Gasteiger charge is 2.38. The van der Waals surface area contributed by atoms with Crippen LogP contribution in [0.4, 0.5) is 0 Å². The van der Waals surface area contributed by atoms with Crippen molar-refractivity contribution in [2.24, 2.45) is 0 Å². The monoisotopic (exact) mass is 257 g/mol. The minimum absolute atomic E-state index is 0.575. The molecule has 0 bridgehead atoms. The van der Waals surface area contributed by atoms with E-state index >= 15 is 0 Å². The highest BCUT2D eigenvalue weighted by atomic mass is 35.5. The third-order valence-corrected chi connectivity index (χ3v) is 4.01. The summed E-state index contributed by atoms with van der Waals surface area (Å²) in [6.45, 7) is 0. The summed E-state index contributed by atoms with van der Waals surface area (Å²) in [5.41, 5.74) is 3.77. The molecule has 1 fully saturated rings. The van der Waals surface area contributed by atoms with Gasteiger partial charge in [0.2, 0.25) is 0 Å². The van der Waals surface area contributed by atoms with Crippen LogP contribution in [0.15, 0.2) is 48.5 Å². The summed E-state index contributed by atoms with van der Waals surface area (Å²) < 4.78 is 0. The Morgan fingerprint density at radius 2 is 1.83 bits per heavy atom. The van der Waals surface area contributed by atoms with E-state index in [0.29, 0.717) is 12.0 Å². The summed E-state index contributed by atoms with van der Waals surface area (Å²) in [4.78, 5) is 0. The van der Waals surface area contributed by atoms with E-state index in [0.717, 1.165) is 5.02 Å². The van der Waals surface area contributed by atoms with E-state index in [1.165, 1.54) is 23.1 Å². The van der Waals surface area contributed by atoms with E-state index in [9.17, 15) is 0 Å². The first-order chi connectivity index (χ1) is 8.79. The van der Waals surface area contributed by atoms with Gasteiger partial charge in [-0.15, -0.1) is 0 Å². The highest BCUT2D eigenvalue weighted by molar-refractivity contribution is 6.31. The number of hydrogen-bond acceptors (Lipinski definition) is 1. The lowest BCUT2D eigenvalue weighted by Crippen LogP contribution is -2.10. The van der Waals surface area contributed by atoms with Crippen LogP contribution in [0.3, 0.4) is 0 Å². The van der Waals surface area contributed by atoms with Crippen molar-refractivity contribution in [1.82, 2.24) is 5.32 Å². The van der Waals surface area contributed by atoms with Gasteiger partial charge >= 0.3 is 0 Å². The average molecular weight is 258 g/mol. The fraction of sp³-hybridized carbons (Fsp3) is 0.250. The second kappa shape index (κ2) is 4.75. The fourth-order valence-corrected chi connectivity index (χ4v) is 2.75. The molecule has 0 aromatic heterocycles. The first-order valence-electron chi connectivity index (χ1n) is 6.31. The summed E-state index contributed by atoms with van der Waals surface area (Å²) in [6, 6.07) is 17.4. The zero-order valence-electron chi connectivity index (χ0n) is 10.4. The van der Waals surface area contributed by atoms with Crippen LogP contribution in [-0.4, -0.2) is 13.1 Å². The quantitative estimate of drug-likeness (QED) is 0.874. The number of benzene rings is 2. The largest absolute Gasteiger partial charge is 0.316 e. The Bertz CT molecular complexity index is 550. The van der Waals surface area contributed by atoms with Gasteiger partial charge in [0.05, 0.1) is 0 Å². The van der Waals surface area contributed by atoms with Crippen molar-refractivity contribution in [2.45, 2.75) is 18.4 Å². The molecular formula is C16H16ClN. The van der Waals surface area contributed by atoms with Crippen molar-refractivity contribution in [3.05, 3.63) is 59.1 Å². The van der Waals surface area contributed by atoms with E-state index < -0.39 is 0 Å². The smallest absolute Gasteiger partial charge is 0.0441 e. The highest BCUT2D eigenvalue weighted by Crippen LogP contribution is 2.44. The van der Waals surface area contributed by atoms with Crippen LogP contribution in [0.2, 0.25) is 5.02 Å². The second-order valence-corrected chi connectivity index (χ2v) is 5.25. The summed E-state index contributed by atoms with van der Waals surface area (Å²) in [6.07, 6.45) is 1.19. The lowest BCUT2D eigenvalue weighted by Gasteiger charge is -2.08. The van der Waals surface area contributed by atoms with Crippen LogP contribution in [0, 0.1) is 0 Å². The van der Waals surface area contributed by atoms with Gasteiger partial charge in [0, 0.05) is 17.0 Å². The van der Waals surface area contributed by atoms with Crippen molar-refractivity contribution >= 4 is 11.6 Å². The third-order valence-electron chi connectivity index (χ3n) is 3.66. The molecule has 1 aliphatic rings. The molecule has 2 heteroatoms. The number of halogens is 1.